The highest BCUT2D eigenvalue weighted by molar-refractivity contribution is 14.1. The number of aromatic nitrogens is 3. The fourth-order valence-corrected chi connectivity index (χ4v) is 2.26. The number of hydrogen-bond acceptors (Lipinski definition) is 5. The van der Waals surface area contributed by atoms with E-state index >= 15 is 0 Å². The summed E-state index contributed by atoms with van der Waals surface area (Å²) in [5.41, 5.74) is 1.33. The number of halogens is 1. The molecule has 0 atom stereocenters. The van der Waals surface area contributed by atoms with Crippen molar-refractivity contribution in [2.45, 2.75) is 0 Å². The van der Waals surface area contributed by atoms with Gasteiger partial charge in [0.05, 0.1) is 5.52 Å². The topological polar surface area (TPSA) is 85.2 Å². The quantitative estimate of drug-likeness (QED) is 0.689. The van der Waals surface area contributed by atoms with Gasteiger partial charge in [0.2, 0.25) is 0 Å². The van der Waals surface area contributed by atoms with Crippen LogP contribution in [0.1, 0.15) is 10.4 Å². The molecule has 0 saturated heterocycles. The van der Waals surface area contributed by atoms with Crippen LogP contribution >= 0.6 is 22.6 Å². The van der Waals surface area contributed by atoms with E-state index < -0.39 is 5.97 Å². The minimum atomic E-state index is -1.07. The highest BCUT2D eigenvalue weighted by Gasteiger charge is 2.14. The van der Waals surface area contributed by atoms with Crippen LogP contribution in [-0.2, 0) is 0 Å². The molecule has 7 heteroatoms. The van der Waals surface area contributed by atoms with Gasteiger partial charge in [-0.15, -0.1) is 5.10 Å². The predicted octanol–water partition coefficient (Wildman–Crippen LogP) is 3.12. The molecular formula is C14H8IN3O3. The van der Waals surface area contributed by atoms with Gasteiger partial charge in [-0.3, -0.25) is 0 Å². The van der Waals surface area contributed by atoms with Gasteiger partial charge in [-0.25, -0.2) is 4.79 Å². The standard InChI is InChI=1S/C14H8IN3O3/c15-8-5-6-12(9(7-8)13(19)20)21-14-16-10-3-1-2-4-11(10)17-18-14/h1-7H,(H,19,20). The first-order valence-corrected chi connectivity index (χ1v) is 7.01. The summed E-state index contributed by atoms with van der Waals surface area (Å²) in [4.78, 5) is 15.4. The maximum atomic E-state index is 11.2. The van der Waals surface area contributed by atoms with Gasteiger partial charge in [0.15, 0.2) is 0 Å². The normalized spacial score (nSPS) is 10.5. The summed E-state index contributed by atoms with van der Waals surface area (Å²) in [7, 11) is 0. The Morgan fingerprint density at radius 2 is 1.86 bits per heavy atom. The van der Waals surface area contributed by atoms with Crippen LogP contribution in [-0.4, -0.2) is 26.3 Å². The van der Waals surface area contributed by atoms with E-state index in [1.54, 1.807) is 24.3 Å². The highest BCUT2D eigenvalue weighted by atomic mass is 127. The smallest absolute Gasteiger partial charge is 0.341 e. The highest BCUT2D eigenvalue weighted by Crippen LogP contribution is 2.25. The van der Waals surface area contributed by atoms with Crippen molar-refractivity contribution in [3.05, 3.63) is 51.6 Å². The number of benzene rings is 2. The molecular weight excluding hydrogens is 385 g/mol. The molecule has 0 aliphatic rings. The predicted molar refractivity (Wildman–Crippen MR) is 83.5 cm³/mol. The van der Waals surface area contributed by atoms with Crippen molar-refractivity contribution in [2.75, 3.05) is 0 Å². The number of hydrogen-bond donors (Lipinski definition) is 1. The van der Waals surface area contributed by atoms with E-state index in [9.17, 15) is 9.90 Å². The van der Waals surface area contributed by atoms with Crippen LogP contribution in [0.2, 0.25) is 0 Å². The minimum absolute atomic E-state index is 0.0115. The first-order chi connectivity index (χ1) is 10.1. The number of carboxylic acids is 1. The molecule has 104 valence electrons. The van der Waals surface area contributed by atoms with Gasteiger partial charge in [-0.05, 0) is 52.9 Å². The largest absolute Gasteiger partial charge is 0.478 e. The Morgan fingerprint density at radius 3 is 2.62 bits per heavy atom. The van der Waals surface area contributed by atoms with E-state index in [-0.39, 0.29) is 17.3 Å². The molecule has 2 aromatic carbocycles. The molecule has 3 aromatic rings. The Morgan fingerprint density at radius 1 is 1.10 bits per heavy atom. The van der Waals surface area contributed by atoms with E-state index in [0.29, 0.717) is 11.0 Å². The lowest BCUT2D eigenvalue weighted by Gasteiger charge is -2.07. The number of ether oxygens (including phenoxy) is 1. The molecule has 0 radical (unpaired) electrons. The van der Waals surface area contributed by atoms with Gasteiger partial charge in [0.1, 0.15) is 16.8 Å². The number of fused-ring (bicyclic) bond motifs is 1. The van der Waals surface area contributed by atoms with Crippen LogP contribution in [0, 0.1) is 3.57 Å². The summed E-state index contributed by atoms with van der Waals surface area (Å²) in [5.74, 6) is -0.891. The first kappa shape index (κ1) is 13.7. The monoisotopic (exact) mass is 393 g/mol. The van der Waals surface area contributed by atoms with Crippen molar-refractivity contribution < 1.29 is 14.6 Å². The number of para-hydroxylation sites is 1. The first-order valence-electron chi connectivity index (χ1n) is 5.93. The summed E-state index contributed by atoms with van der Waals surface area (Å²) in [6.07, 6.45) is 0. The lowest BCUT2D eigenvalue weighted by atomic mass is 10.2. The van der Waals surface area contributed by atoms with Crippen molar-refractivity contribution >= 4 is 39.6 Å². The molecule has 0 unspecified atom stereocenters. The molecule has 0 aliphatic carbocycles. The Labute approximate surface area is 132 Å². The fraction of sp³-hybridized carbons (Fsp3) is 0. The zero-order valence-corrected chi connectivity index (χ0v) is 12.7. The number of nitrogens with zero attached hydrogens (tertiary/aromatic N) is 3. The second kappa shape index (κ2) is 5.60. The second-order valence-electron chi connectivity index (χ2n) is 4.13. The lowest BCUT2D eigenvalue weighted by Crippen LogP contribution is -2.02. The Balaban J connectivity index is 2.00. The summed E-state index contributed by atoms with van der Waals surface area (Å²) in [6.45, 7) is 0. The van der Waals surface area contributed by atoms with E-state index in [0.717, 1.165) is 3.57 Å². The van der Waals surface area contributed by atoms with Crippen LogP contribution in [0.3, 0.4) is 0 Å². The molecule has 0 aliphatic heterocycles. The second-order valence-corrected chi connectivity index (χ2v) is 5.38. The zero-order chi connectivity index (χ0) is 14.8. The molecule has 0 fully saturated rings. The van der Waals surface area contributed by atoms with Crippen molar-refractivity contribution in [3.63, 3.8) is 0 Å². The van der Waals surface area contributed by atoms with E-state index in [1.807, 2.05) is 34.7 Å². The van der Waals surface area contributed by atoms with Crippen LogP contribution < -0.4 is 4.74 Å². The van der Waals surface area contributed by atoms with E-state index in [1.165, 1.54) is 6.07 Å². The van der Waals surface area contributed by atoms with E-state index in [2.05, 4.69) is 15.2 Å². The Hall–Kier alpha value is -2.29. The lowest BCUT2D eigenvalue weighted by molar-refractivity contribution is 0.0694. The molecule has 0 amide bonds. The third-order valence-electron chi connectivity index (χ3n) is 2.71. The van der Waals surface area contributed by atoms with Crippen LogP contribution in [0.15, 0.2) is 42.5 Å². The number of aromatic carboxylic acids is 1. The maximum absolute atomic E-state index is 11.2. The van der Waals surface area contributed by atoms with Crippen molar-refractivity contribution in [1.29, 1.82) is 0 Å². The molecule has 1 N–H and O–H groups in total. The third kappa shape index (κ3) is 2.92. The molecule has 0 spiro atoms. The molecule has 0 saturated carbocycles. The molecule has 21 heavy (non-hydrogen) atoms. The SMILES string of the molecule is O=C(O)c1cc(I)ccc1Oc1nnc2ccccc2n1. The summed E-state index contributed by atoms with van der Waals surface area (Å²) >= 11 is 2.04. The van der Waals surface area contributed by atoms with Crippen molar-refractivity contribution in [2.24, 2.45) is 0 Å². The van der Waals surface area contributed by atoms with Crippen molar-refractivity contribution in [3.8, 4) is 11.8 Å². The zero-order valence-electron chi connectivity index (χ0n) is 10.5. The minimum Gasteiger partial charge on any atom is -0.478 e. The average molecular weight is 393 g/mol. The van der Waals surface area contributed by atoms with Gasteiger partial charge in [-0.1, -0.05) is 17.2 Å². The van der Waals surface area contributed by atoms with Gasteiger partial charge in [0.25, 0.3) is 0 Å². The van der Waals surface area contributed by atoms with E-state index in [4.69, 9.17) is 4.74 Å². The molecule has 1 aromatic heterocycles. The number of carbonyl (C=O) groups is 1. The molecule has 6 nitrogen and oxygen atoms in total. The van der Waals surface area contributed by atoms with Gasteiger partial charge in [0, 0.05) is 3.57 Å². The molecule has 3 rings (SSSR count). The van der Waals surface area contributed by atoms with Crippen molar-refractivity contribution in [1.82, 2.24) is 15.2 Å². The average Bonchev–Trinajstić information content (AvgIpc) is 2.49. The maximum Gasteiger partial charge on any atom is 0.341 e. The molecule has 0 bridgehead atoms. The number of rotatable bonds is 3. The summed E-state index contributed by atoms with van der Waals surface area (Å²) in [6, 6.07) is 12.1. The van der Waals surface area contributed by atoms with Crippen LogP contribution in [0.5, 0.6) is 11.8 Å². The van der Waals surface area contributed by atoms with Gasteiger partial charge >= 0.3 is 12.0 Å². The summed E-state index contributed by atoms with van der Waals surface area (Å²) < 4.78 is 6.27. The summed E-state index contributed by atoms with van der Waals surface area (Å²) in [5, 5.41) is 17.0. The fourth-order valence-electron chi connectivity index (χ4n) is 1.77. The molecule has 1 heterocycles. The van der Waals surface area contributed by atoms with Gasteiger partial charge in [-0.2, -0.15) is 4.98 Å². The Bertz CT molecular complexity index is 839. The third-order valence-corrected chi connectivity index (χ3v) is 3.39. The van der Waals surface area contributed by atoms with Crippen LogP contribution in [0.25, 0.3) is 11.0 Å². The Kier molecular flexibility index (Phi) is 3.65. The van der Waals surface area contributed by atoms with Gasteiger partial charge < -0.3 is 9.84 Å². The number of carboxylic acid groups (broad SMARTS) is 1. The van der Waals surface area contributed by atoms with Crippen LogP contribution in [0.4, 0.5) is 0 Å².